The van der Waals surface area contributed by atoms with E-state index in [9.17, 15) is 20.3 Å². The van der Waals surface area contributed by atoms with E-state index in [2.05, 4.69) is 4.98 Å². The molecule has 2 heterocycles. The summed E-state index contributed by atoms with van der Waals surface area (Å²) in [5, 5.41) is 29.5. The van der Waals surface area contributed by atoms with E-state index in [0.717, 1.165) is 0 Å². The molecule has 0 radical (unpaired) electrons. The van der Waals surface area contributed by atoms with Crippen LogP contribution in [0.1, 0.15) is 65.0 Å². The van der Waals surface area contributed by atoms with E-state index < -0.39 is 39.3 Å². The minimum atomic E-state index is -1.79. The maximum absolute atomic E-state index is 16.5. The zero-order valence-electron chi connectivity index (χ0n) is 24.6. The first-order valence-electron chi connectivity index (χ1n) is 13.9. The average Bonchev–Trinajstić information content (AvgIpc) is 3.70. The molecule has 0 bridgehead atoms. The van der Waals surface area contributed by atoms with Crippen molar-refractivity contribution in [3.8, 4) is 6.07 Å². The van der Waals surface area contributed by atoms with Gasteiger partial charge in [0.2, 0.25) is 0 Å². The highest BCUT2D eigenvalue weighted by atomic mass is 35.5. The first-order valence-corrected chi connectivity index (χ1v) is 14.3. The van der Waals surface area contributed by atoms with Crippen LogP contribution >= 0.6 is 11.6 Å². The Morgan fingerprint density at radius 3 is 2.26 bits per heavy atom. The molecule has 2 N–H and O–H groups in total. The van der Waals surface area contributed by atoms with E-state index in [1.165, 1.54) is 37.1 Å². The van der Waals surface area contributed by atoms with Gasteiger partial charge in [0.1, 0.15) is 43.3 Å². The zero-order chi connectivity index (χ0) is 30.9. The van der Waals surface area contributed by atoms with Gasteiger partial charge >= 0.3 is 0 Å². The lowest BCUT2D eigenvalue weighted by Crippen LogP contribution is -2.62. The van der Waals surface area contributed by atoms with Crippen molar-refractivity contribution in [2.24, 2.45) is 5.41 Å². The molecule has 1 aliphatic carbocycles. The Labute approximate surface area is 253 Å². The largest absolute Gasteiger partial charge is 0.407 e. The van der Waals surface area contributed by atoms with Crippen molar-refractivity contribution in [2.45, 2.75) is 55.4 Å². The summed E-state index contributed by atoms with van der Waals surface area (Å²) in [6.45, 7) is 2.97. The van der Waals surface area contributed by atoms with Gasteiger partial charge in [0.25, 0.3) is 5.91 Å². The van der Waals surface area contributed by atoms with Crippen LogP contribution in [0.3, 0.4) is 0 Å². The Morgan fingerprint density at radius 2 is 1.76 bits per heavy atom. The van der Waals surface area contributed by atoms with Gasteiger partial charge in [0.05, 0.1) is 34.5 Å². The van der Waals surface area contributed by atoms with Crippen molar-refractivity contribution in [1.82, 2.24) is 9.88 Å². The fourth-order valence-electron chi connectivity index (χ4n) is 6.51. The zero-order valence-corrected chi connectivity index (χ0v) is 25.4. The Hall–Kier alpha value is -3.09. The Kier molecular flexibility index (Phi) is 7.22. The standard InChI is InChI=1S/C29H31B4ClFN3O4/c1-25(2,40)18-11-21-23(22(35)12-18)27(17-4-6-19(34)7-5-17,42-29(32,33)26(9-10-26)28(30,31)41)38(24(21)39)15-20-8-3-16(13-36)14-37-20/h3-8,11-12,14,40-41H,9-10,15,30-33H2,1-2H3/t27-/m1/s1. The molecule has 1 fully saturated rings. The third-order valence-corrected chi connectivity index (χ3v) is 9.23. The highest BCUT2D eigenvalue weighted by Crippen LogP contribution is 2.61. The van der Waals surface area contributed by atoms with Crippen LogP contribution in [-0.2, 0) is 22.6 Å². The minimum absolute atomic E-state index is 0.0103. The van der Waals surface area contributed by atoms with Gasteiger partial charge in [-0.25, -0.2) is 4.39 Å². The molecular weight excluding hydrogens is 552 g/mol. The van der Waals surface area contributed by atoms with Crippen LogP contribution in [0.4, 0.5) is 4.39 Å². The number of carbonyl (C=O) groups excluding carboxylic acids is 1. The maximum Gasteiger partial charge on any atom is 0.257 e. The lowest BCUT2D eigenvalue weighted by Gasteiger charge is -2.51. The summed E-state index contributed by atoms with van der Waals surface area (Å²) in [6.07, 6.45) is 2.77. The maximum atomic E-state index is 16.5. The van der Waals surface area contributed by atoms with Crippen LogP contribution in [0.15, 0.2) is 54.7 Å². The molecule has 5 rings (SSSR count). The topological polar surface area (TPSA) is 107 Å². The number of amides is 1. The quantitative estimate of drug-likeness (QED) is 0.374. The third-order valence-electron chi connectivity index (χ3n) is 8.98. The predicted octanol–water partition coefficient (Wildman–Crippen LogP) is 0.459. The first kappa shape index (κ1) is 30.4. The van der Waals surface area contributed by atoms with Crippen LogP contribution < -0.4 is 0 Å². The Balaban J connectivity index is 1.81. The van der Waals surface area contributed by atoms with Crippen LogP contribution in [0, 0.1) is 22.6 Å². The van der Waals surface area contributed by atoms with Crippen molar-refractivity contribution in [2.75, 3.05) is 0 Å². The highest BCUT2D eigenvalue weighted by Gasteiger charge is 2.66. The van der Waals surface area contributed by atoms with E-state index in [1.54, 1.807) is 52.1 Å². The molecule has 212 valence electrons. The molecule has 1 amide bonds. The number of carbonyl (C=O) groups is 1. The molecule has 42 heavy (non-hydrogen) atoms. The number of rotatable bonds is 8. The van der Waals surface area contributed by atoms with E-state index in [-0.39, 0.29) is 23.2 Å². The number of aliphatic hydroxyl groups is 2. The molecule has 1 atom stereocenters. The molecular formula is C29H31B4ClFN3O4. The molecule has 2 aliphatic rings. The molecule has 1 aliphatic heterocycles. The first-order chi connectivity index (χ1) is 19.5. The summed E-state index contributed by atoms with van der Waals surface area (Å²) in [6, 6.07) is 14.7. The SMILES string of the molecule is BC(B)(O)C1(C(B)(B)O[C@]2(c3ccc(Cl)cc3)c3c(F)cc(C(C)(C)O)cc3C(=O)N2Cc2ccc(C#N)cn2)CC1. The smallest absolute Gasteiger partial charge is 0.257 e. The molecule has 2 aromatic carbocycles. The van der Waals surface area contributed by atoms with Crippen LogP contribution in [0.25, 0.3) is 0 Å². The molecule has 1 aromatic heterocycles. The number of halogens is 2. The second-order valence-corrected chi connectivity index (χ2v) is 13.3. The number of ether oxygens (including phenoxy) is 1. The predicted molar refractivity (Wildman–Crippen MR) is 167 cm³/mol. The molecule has 0 saturated heterocycles. The molecule has 3 aromatic rings. The summed E-state index contributed by atoms with van der Waals surface area (Å²) in [4.78, 5) is 20.2. The summed E-state index contributed by atoms with van der Waals surface area (Å²) in [5.41, 5.74) is -2.30. The second-order valence-electron chi connectivity index (χ2n) is 12.9. The van der Waals surface area contributed by atoms with Gasteiger partial charge in [-0.05, 0) is 74.1 Å². The summed E-state index contributed by atoms with van der Waals surface area (Å²) in [5.74, 6) is -1.23. The van der Waals surface area contributed by atoms with Crippen molar-refractivity contribution in [3.63, 3.8) is 0 Å². The lowest BCUT2D eigenvalue weighted by molar-refractivity contribution is -0.169. The van der Waals surface area contributed by atoms with E-state index in [1.807, 2.05) is 21.8 Å². The number of hydrogen-bond donors (Lipinski definition) is 2. The van der Waals surface area contributed by atoms with E-state index in [4.69, 9.17) is 16.3 Å². The number of aromatic nitrogens is 1. The van der Waals surface area contributed by atoms with Gasteiger partial charge in [-0.2, -0.15) is 5.26 Å². The molecule has 0 spiro atoms. The van der Waals surface area contributed by atoms with Gasteiger partial charge in [-0.15, -0.1) is 0 Å². The summed E-state index contributed by atoms with van der Waals surface area (Å²) >= 11 is 6.27. The molecule has 13 heteroatoms. The molecule has 1 saturated carbocycles. The highest BCUT2D eigenvalue weighted by molar-refractivity contribution is 6.45. The second kappa shape index (κ2) is 9.99. The Morgan fingerprint density at radius 1 is 1.12 bits per heavy atom. The number of fused-ring (bicyclic) bond motifs is 1. The minimum Gasteiger partial charge on any atom is -0.407 e. The molecule has 0 unspecified atom stereocenters. The van der Waals surface area contributed by atoms with Gasteiger partial charge in [0.15, 0.2) is 5.72 Å². The number of pyridine rings is 1. The van der Waals surface area contributed by atoms with Gasteiger partial charge in [-0.1, -0.05) is 23.7 Å². The van der Waals surface area contributed by atoms with Crippen molar-refractivity contribution in [1.29, 1.82) is 5.26 Å². The number of hydrogen-bond acceptors (Lipinski definition) is 6. The fraction of sp³-hybridized carbons (Fsp3) is 0.345. The van der Waals surface area contributed by atoms with Crippen molar-refractivity contribution in [3.05, 3.63) is 99.1 Å². The van der Waals surface area contributed by atoms with Crippen molar-refractivity contribution >= 4 is 48.9 Å². The van der Waals surface area contributed by atoms with Crippen LogP contribution in [0.5, 0.6) is 0 Å². The van der Waals surface area contributed by atoms with Gasteiger partial charge in [-0.3, -0.25) is 14.7 Å². The van der Waals surface area contributed by atoms with E-state index in [0.29, 0.717) is 34.7 Å². The normalized spacial score (nSPS) is 19.8. The monoisotopic (exact) mass is 583 g/mol. The number of nitriles is 1. The van der Waals surface area contributed by atoms with E-state index >= 15 is 4.39 Å². The summed E-state index contributed by atoms with van der Waals surface area (Å²) < 4.78 is 23.7. The van der Waals surface area contributed by atoms with Crippen LogP contribution in [0.2, 0.25) is 5.02 Å². The third kappa shape index (κ3) is 4.77. The van der Waals surface area contributed by atoms with Crippen molar-refractivity contribution < 1.29 is 24.1 Å². The fourth-order valence-corrected chi connectivity index (χ4v) is 6.64. The number of benzene rings is 2. The van der Waals surface area contributed by atoms with Crippen LogP contribution in [-0.4, -0.2) is 68.2 Å². The lowest BCUT2D eigenvalue weighted by atomic mass is 9.43. The average molecular weight is 583 g/mol. The van der Waals surface area contributed by atoms with Gasteiger partial charge in [0, 0.05) is 27.6 Å². The van der Waals surface area contributed by atoms with Gasteiger partial charge < -0.3 is 14.9 Å². The Bertz CT molecular complexity index is 1600. The summed E-state index contributed by atoms with van der Waals surface area (Å²) in [7, 11) is 7.20. The molecule has 7 nitrogen and oxygen atoms in total. The number of nitrogens with zero attached hydrogens (tertiary/aromatic N) is 3.